The Kier molecular flexibility index (Phi) is 4.48. The normalized spacial score (nSPS) is 12.1. The largest absolute Gasteiger partial charge is 0.452 e. The molecule has 0 unspecified atom stereocenters. The van der Waals surface area contributed by atoms with Crippen molar-refractivity contribution in [2.75, 3.05) is 32.5 Å². The van der Waals surface area contributed by atoms with Crippen molar-refractivity contribution in [2.24, 2.45) is 0 Å². The molecular weight excluding hydrogens is 241 g/mol. The number of hydrogen-bond donors (Lipinski definition) is 1. The van der Waals surface area contributed by atoms with E-state index in [0.717, 1.165) is 24.5 Å². The van der Waals surface area contributed by atoms with Crippen molar-refractivity contribution in [1.29, 1.82) is 0 Å². The van der Waals surface area contributed by atoms with E-state index in [9.17, 15) is 13.2 Å². The molecule has 0 amide bonds. The molecule has 1 N–H and O–H groups in total. The van der Waals surface area contributed by atoms with Crippen LogP contribution in [-0.2, 0) is 6.18 Å². The van der Waals surface area contributed by atoms with Crippen LogP contribution in [0.25, 0.3) is 0 Å². The maximum absolute atomic E-state index is 12.1. The number of halogens is 3. The van der Waals surface area contributed by atoms with Crippen LogP contribution in [0.5, 0.6) is 0 Å². The van der Waals surface area contributed by atoms with Gasteiger partial charge in [-0.25, -0.2) is 0 Å². The molecule has 0 fully saturated rings. The van der Waals surface area contributed by atoms with Crippen LogP contribution in [0, 0.1) is 0 Å². The molecule has 4 nitrogen and oxygen atoms in total. The lowest BCUT2D eigenvalue weighted by Crippen LogP contribution is -2.16. The first-order valence-corrected chi connectivity index (χ1v) is 5.46. The molecule has 0 spiro atoms. The number of rotatable bonds is 5. The van der Waals surface area contributed by atoms with Crippen LogP contribution in [0.15, 0.2) is 0 Å². The summed E-state index contributed by atoms with van der Waals surface area (Å²) in [6, 6.07) is 0. The average molecular weight is 254 g/mol. The summed E-state index contributed by atoms with van der Waals surface area (Å²) in [4.78, 5) is 5.36. The Morgan fingerprint density at radius 3 is 2.56 bits per heavy atom. The molecule has 0 aliphatic heterocycles. The number of hydrogen-bond acceptors (Lipinski definition) is 5. The fraction of sp³-hybridized carbons (Fsp3) is 0.750. The highest BCUT2D eigenvalue weighted by Gasteiger charge is 2.35. The standard InChI is InChI=1S/C8H13F3N4S/c1-15(2)5-3-4-12-7-13-6(14-16-7)8(9,10)11/h3-5H2,1-2H3,(H,12,13,14). The number of aromatic nitrogens is 2. The lowest BCUT2D eigenvalue weighted by molar-refractivity contribution is -0.144. The Balaban J connectivity index is 2.36. The number of alkyl halides is 3. The van der Waals surface area contributed by atoms with E-state index >= 15 is 0 Å². The van der Waals surface area contributed by atoms with E-state index in [-0.39, 0.29) is 5.13 Å². The van der Waals surface area contributed by atoms with Gasteiger partial charge in [-0.15, -0.1) is 0 Å². The smallest absolute Gasteiger partial charge is 0.360 e. The predicted molar refractivity (Wildman–Crippen MR) is 56.6 cm³/mol. The summed E-state index contributed by atoms with van der Waals surface area (Å²) in [6.07, 6.45) is -3.62. The molecule has 0 aromatic carbocycles. The third kappa shape index (κ3) is 4.31. The van der Waals surface area contributed by atoms with E-state index in [2.05, 4.69) is 14.7 Å². The highest BCUT2D eigenvalue weighted by Crippen LogP contribution is 2.28. The van der Waals surface area contributed by atoms with Gasteiger partial charge in [-0.3, -0.25) is 0 Å². The van der Waals surface area contributed by atoms with E-state index in [1.807, 2.05) is 19.0 Å². The fourth-order valence-electron chi connectivity index (χ4n) is 1.00. The predicted octanol–water partition coefficient (Wildman–Crippen LogP) is 1.92. The van der Waals surface area contributed by atoms with Crippen molar-refractivity contribution in [3.63, 3.8) is 0 Å². The van der Waals surface area contributed by atoms with Crippen LogP contribution in [0.3, 0.4) is 0 Å². The number of nitrogens with zero attached hydrogens (tertiary/aromatic N) is 3. The Morgan fingerprint density at radius 2 is 2.06 bits per heavy atom. The molecule has 0 bridgehead atoms. The van der Waals surface area contributed by atoms with Gasteiger partial charge in [0.1, 0.15) is 0 Å². The van der Waals surface area contributed by atoms with E-state index in [0.29, 0.717) is 6.54 Å². The van der Waals surface area contributed by atoms with Crippen LogP contribution < -0.4 is 5.32 Å². The zero-order valence-corrected chi connectivity index (χ0v) is 9.82. The van der Waals surface area contributed by atoms with E-state index < -0.39 is 12.0 Å². The summed E-state index contributed by atoms with van der Waals surface area (Å²) < 4.78 is 39.7. The maximum Gasteiger partial charge on any atom is 0.452 e. The van der Waals surface area contributed by atoms with Gasteiger partial charge in [0.15, 0.2) is 0 Å². The van der Waals surface area contributed by atoms with Crippen LogP contribution in [0.1, 0.15) is 12.2 Å². The van der Waals surface area contributed by atoms with E-state index in [1.165, 1.54) is 0 Å². The molecular formula is C8H13F3N4S. The second-order valence-corrected chi connectivity index (χ2v) is 4.26. The van der Waals surface area contributed by atoms with Gasteiger partial charge in [0.2, 0.25) is 11.0 Å². The van der Waals surface area contributed by atoms with Gasteiger partial charge in [-0.2, -0.15) is 22.5 Å². The van der Waals surface area contributed by atoms with Crippen LogP contribution >= 0.6 is 11.5 Å². The molecule has 1 aromatic heterocycles. The van der Waals surface area contributed by atoms with Gasteiger partial charge in [-0.05, 0) is 27.1 Å². The molecule has 0 aliphatic rings. The first-order valence-electron chi connectivity index (χ1n) is 4.69. The molecule has 0 atom stereocenters. The van der Waals surface area contributed by atoms with Gasteiger partial charge in [0, 0.05) is 18.1 Å². The lowest BCUT2D eigenvalue weighted by atomic mass is 10.4. The van der Waals surface area contributed by atoms with Gasteiger partial charge >= 0.3 is 6.18 Å². The molecule has 1 heterocycles. The zero-order chi connectivity index (χ0) is 12.2. The summed E-state index contributed by atoms with van der Waals surface area (Å²) in [6.45, 7) is 1.46. The third-order valence-corrected chi connectivity index (χ3v) is 2.41. The van der Waals surface area contributed by atoms with Crippen molar-refractivity contribution in [3.8, 4) is 0 Å². The van der Waals surface area contributed by atoms with Crippen LogP contribution in [-0.4, -0.2) is 41.4 Å². The summed E-state index contributed by atoms with van der Waals surface area (Å²) in [5.74, 6) is -1.08. The Morgan fingerprint density at radius 1 is 1.38 bits per heavy atom. The second kappa shape index (κ2) is 5.44. The minimum absolute atomic E-state index is 0.214. The average Bonchev–Trinajstić information content (AvgIpc) is 2.59. The highest BCUT2D eigenvalue weighted by atomic mass is 32.1. The minimum atomic E-state index is -4.46. The quantitative estimate of drug-likeness (QED) is 0.815. The summed E-state index contributed by atoms with van der Waals surface area (Å²) in [7, 11) is 3.87. The Bertz CT molecular complexity index is 323. The third-order valence-electron chi connectivity index (χ3n) is 1.74. The zero-order valence-electron chi connectivity index (χ0n) is 9.01. The first-order chi connectivity index (χ1) is 7.39. The van der Waals surface area contributed by atoms with Gasteiger partial charge in [-0.1, -0.05) is 0 Å². The summed E-state index contributed by atoms with van der Waals surface area (Å²) in [5.41, 5.74) is 0. The number of anilines is 1. The van der Waals surface area contributed by atoms with Gasteiger partial charge < -0.3 is 10.2 Å². The second-order valence-electron chi connectivity index (χ2n) is 3.50. The van der Waals surface area contributed by atoms with Gasteiger partial charge in [0.25, 0.3) is 0 Å². The molecule has 0 saturated heterocycles. The topological polar surface area (TPSA) is 41.0 Å². The molecule has 0 aliphatic carbocycles. The van der Waals surface area contributed by atoms with Gasteiger partial charge in [0.05, 0.1) is 0 Å². The maximum atomic E-state index is 12.1. The SMILES string of the molecule is CN(C)CCCNc1nc(C(F)(F)F)ns1. The molecule has 0 saturated carbocycles. The van der Waals surface area contributed by atoms with Crippen molar-refractivity contribution in [3.05, 3.63) is 5.82 Å². The molecule has 16 heavy (non-hydrogen) atoms. The molecule has 8 heteroatoms. The molecule has 92 valence electrons. The van der Waals surface area contributed by atoms with Crippen LogP contribution in [0.4, 0.5) is 18.3 Å². The van der Waals surface area contributed by atoms with Crippen molar-refractivity contribution < 1.29 is 13.2 Å². The molecule has 1 rings (SSSR count). The van der Waals surface area contributed by atoms with Crippen molar-refractivity contribution in [1.82, 2.24) is 14.3 Å². The summed E-state index contributed by atoms with van der Waals surface area (Å²) in [5, 5.41) is 3.02. The van der Waals surface area contributed by atoms with Crippen molar-refractivity contribution >= 4 is 16.7 Å². The highest BCUT2D eigenvalue weighted by molar-refractivity contribution is 7.09. The fourth-order valence-corrected chi connectivity index (χ4v) is 1.61. The summed E-state index contributed by atoms with van der Waals surface area (Å²) >= 11 is 0.729. The van der Waals surface area contributed by atoms with Crippen LogP contribution in [0.2, 0.25) is 0 Å². The number of nitrogens with one attached hydrogen (secondary N) is 1. The van der Waals surface area contributed by atoms with E-state index in [4.69, 9.17) is 0 Å². The Labute approximate surface area is 95.6 Å². The lowest BCUT2D eigenvalue weighted by Gasteiger charge is -2.08. The monoisotopic (exact) mass is 254 g/mol. The minimum Gasteiger partial charge on any atom is -0.360 e. The Hall–Kier alpha value is -0.890. The molecule has 0 radical (unpaired) electrons. The van der Waals surface area contributed by atoms with E-state index in [1.54, 1.807) is 0 Å². The molecule has 1 aromatic rings. The first kappa shape index (κ1) is 13.2. The van der Waals surface area contributed by atoms with Crippen molar-refractivity contribution in [2.45, 2.75) is 12.6 Å².